The van der Waals surface area contributed by atoms with Gasteiger partial charge in [0.05, 0.1) is 12.5 Å². The Bertz CT molecular complexity index is 564. The third-order valence-corrected chi connectivity index (χ3v) is 6.10. The Kier molecular flexibility index (Phi) is 4.65. The van der Waals surface area contributed by atoms with Crippen LogP contribution in [0.5, 0.6) is 5.75 Å². The number of benzene rings is 1. The van der Waals surface area contributed by atoms with E-state index >= 15 is 0 Å². The maximum Gasteiger partial charge on any atom is 0.314 e. The first-order valence-corrected chi connectivity index (χ1v) is 8.98. The van der Waals surface area contributed by atoms with Crippen LogP contribution in [0.1, 0.15) is 75.3 Å². The summed E-state index contributed by atoms with van der Waals surface area (Å²) >= 11 is 0. The number of carboxylic acid groups (broad SMARTS) is 1. The van der Waals surface area contributed by atoms with Gasteiger partial charge in [0.1, 0.15) is 5.75 Å². The summed E-state index contributed by atoms with van der Waals surface area (Å²) in [5.74, 6) is 1.57. The van der Waals surface area contributed by atoms with Crippen LogP contribution in [0.25, 0.3) is 0 Å². The lowest BCUT2D eigenvalue weighted by molar-refractivity contribution is -0.143. The predicted octanol–water partition coefficient (Wildman–Crippen LogP) is 4.89. The van der Waals surface area contributed by atoms with Gasteiger partial charge in [0.2, 0.25) is 0 Å². The van der Waals surface area contributed by atoms with Gasteiger partial charge in [-0.2, -0.15) is 0 Å². The summed E-state index contributed by atoms with van der Waals surface area (Å²) in [7, 11) is 1.71. The highest BCUT2D eigenvalue weighted by Crippen LogP contribution is 2.45. The zero-order chi connectivity index (χ0) is 16.4. The quantitative estimate of drug-likeness (QED) is 0.860. The first kappa shape index (κ1) is 16.4. The molecule has 1 aromatic carbocycles. The fourth-order valence-corrected chi connectivity index (χ4v) is 4.53. The van der Waals surface area contributed by atoms with Gasteiger partial charge in [0.25, 0.3) is 0 Å². The minimum atomic E-state index is -0.678. The van der Waals surface area contributed by atoms with Crippen LogP contribution < -0.4 is 4.74 Å². The minimum absolute atomic E-state index is 0.508. The fourth-order valence-electron chi connectivity index (χ4n) is 4.53. The first-order chi connectivity index (χ1) is 11.1. The van der Waals surface area contributed by atoms with Crippen molar-refractivity contribution in [2.75, 3.05) is 7.11 Å². The van der Waals surface area contributed by atoms with Crippen LogP contribution in [0.2, 0.25) is 0 Å². The Morgan fingerprint density at radius 3 is 2.39 bits per heavy atom. The summed E-state index contributed by atoms with van der Waals surface area (Å²) in [6.07, 6.45) is 8.40. The predicted molar refractivity (Wildman–Crippen MR) is 91.1 cm³/mol. The molecule has 0 bridgehead atoms. The molecule has 0 spiro atoms. The molecule has 0 atom stereocenters. The summed E-state index contributed by atoms with van der Waals surface area (Å²) in [6.45, 7) is 2.32. The number of methoxy groups -OCH3 is 1. The molecule has 2 saturated carbocycles. The number of hydrogen-bond acceptors (Lipinski definition) is 2. The van der Waals surface area contributed by atoms with Crippen LogP contribution in [0.3, 0.4) is 0 Å². The number of aliphatic carboxylic acids is 1. The highest BCUT2D eigenvalue weighted by molar-refractivity contribution is 5.82. The van der Waals surface area contributed by atoms with Gasteiger partial charge in [-0.15, -0.1) is 0 Å². The molecule has 3 rings (SSSR count). The third kappa shape index (κ3) is 2.98. The van der Waals surface area contributed by atoms with Crippen molar-refractivity contribution < 1.29 is 14.6 Å². The molecule has 3 nitrogen and oxygen atoms in total. The van der Waals surface area contributed by atoms with Gasteiger partial charge in [-0.3, -0.25) is 4.79 Å². The van der Waals surface area contributed by atoms with E-state index in [4.69, 9.17) is 4.74 Å². The van der Waals surface area contributed by atoms with Gasteiger partial charge in [0.15, 0.2) is 0 Å². The van der Waals surface area contributed by atoms with E-state index in [0.717, 1.165) is 42.9 Å². The monoisotopic (exact) mass is 316 g/mol. The largest absolute Gasteiger partial charge is 0.496 e. The highest BCUT2D eigenvalue weighted by atomic mass is 16.5. The van der Waals surface area contributed by atoms with Gasteiger partial charge in [0, 0.05) is 0 Å². The molecule has 2 fully saturated rings. The van der Waals surface area contributed by atoms with Crippen molar-refractivity contribution in [3.63, 3.8) is 0 Å². The van der Waals surface area contributed by atoms with Crippen LogP contribution in [0.15, 0.2) is 18.2 Å². The second kappa shape index (κ2) is 6.54. The van der Waals surface area contributed by atoms with Gasteiger partial charge >= 0.3 is 5.97 Å². The van der Waals surface area contributed by atoms with Crippen molar-refractivity contribution in [3.8, 4) is 5.75 Å². The van der Waals surface area contributed by atoms with Crippen molar-refractivity contribution in [2.45, 2.75) is 69.6 Å². The number of ether oxygens (including phenoxy) is 1. The Balaban J connectivity index is 1.97. The summed E-state index contributed by atoms with van der Waals surface area (Å²) in [5.41, 5.74) is 1.53. The van der Waals surface area contributed by atoms with E-state index in [1.807, 2.05) is 12.1 Å². The molecular formula is C20H28O3. The molecule has 0 saturated heterocycles. The summed E-state index contributed by atoms with van der Waals surface area (Å²) in [6, 6.07) is 6.12. The van der Waals surface area contributed by atoms with Crippen molar-refractivity contribution in [2.24, 2.45) is 5.92 Å². The van der Waals surface area contributed by atoms with Crippen molar-refractivity contribution in [1.82, 2.24) is 0 Å². The second-order valence-electron chi connectivity index (χ2n) is 7.51. The van der Waals surface area contributed by atoms with Crippen LogP contribution >= 0.6 is 0 Å². The fraction of sp³-hybridized carbons (Fsp3) is 0.650. The molecule has 2 aliphatic carbocycles. The van der Waals surface area contributed by atoms with Crippen molar-refractivity contribution in [3.05, 3.63) is 29.3 Å². The lowest BCUT2D eigenvalue weighted by Gasteiger charge is -2.30. The van der Waals surface area contributed by atoms with Crippen LogP contribution in [0, 0.1) is 5.92 Å². The molecular weight excluding hydrogens is 288 g/mol. The Morgan fingerprint density at radius 2 is 1.83 bits per heavy atom. The molecule has 0 aliphatic heterocycles. The van der Waals surface area contributed by atoms with Crippen LogP contribution in [0.4, 0.5) is 0 Å². The Labute approximate surface area is 139 Å². The molecule has 0 amide bonds. The Hall–Kier alpha value is -1.51. The van der Waals surface area contributed by atoms with Crippen molar-refractivity contribution >= 4 is 5.97 Å². The number of carboxylic acids is 1. The molecule has 0 aromatic heterocycles. The first-order valence-electron chi connectivity index (χ1n) is 8.98. The standard InChI is InChI=1S/C20H28O3/c1-14-5-7-15(8-6-14)17-13-16(9-10-18(17)23-2)20(19(21)22)11-3-4-12-20/h9-10,13-15H,3-8,11-12H2,1-2H3,(H,21,22). The molecule has 0 unspecified atom stereocenters. The van der Waals surface area contributed by atoms with E-state index in [1.54, 1.807) is 7.11 Å². The van der Waals surface area contributed by atoms with Crippen LogP contribution in [-0.4, -0.2) is 18.2 Å². The molecule has 2 aliphatic rings. The van der Waals surface area contributed by atoms with E-state index in [1.165, 1.54) is 31.2 Å². The lowest BCUT2D eigenvalue weighted by Crippen LogP contribution is -2.32. The van der Waals surface area contributed by atoms with Crippen molar-refractivity contribution in [1.29, 1.82) is 0 Å². The molecule has 23 heavy (non-hydrogen) atoms. The SMILES string of the molecule is COc1ccc(C2(C(=O)O)CCCC2)cc1C1CCC(C)CC1. The highest BCUT2D eigenvalue weighted by Gasteiger charge is 2.43. The number of carbonyl (C=O) groups is 1. The van der Waals surface area contributed by atoms with E-state index in [0.29, 0.717) is 5.92 Å². The van der Waals surface area contributed by atoms with Gasteiger partial charge in [-0.05, 0) is 54.7 Å². The third-order valence-electron chi connectivity index (χ3n) is 6.10. The smallest absolute Gasteiger partial charge is 0.314 e. The number of hydrogen-bond donors (Lipinski definition) is 1. The summed E-state index contributed by atoms with van der Waals surface area (Å²) in [4.78, 5) is 12.0. The van der Waals surface area contributed by atoms with E-state index in [2.05, 4.69) is 13.0 Å². The summed E-state index contributed by atoms with van der Waals surface area (Å²) < 4.78 is 5.59. The van der Waals surface area contributed by atoms with Crippen LogP contribution in [-0.2, 0) is 10.2 Å². The summed E-state index contributed by atoms with van der Waals surface area (Å²) in [5, 5.41) is 9.85. The molecule has 126 valence electrons. The van der Waals surface area contributed by atoms with E-state index in [9.17, 15) is 9.90 Å². The Morgan fingerprint density at radius 1 is 1.17 bits per heavy atom. The average molecular weight is 316 g/mol. The molecule has 0 heterocycles. The van der Waals surface area contributed by atoms with Gasteiger partial charge in [-0.25, -0.2) is 0 Å². The molecule has 3 heteroatoms. The average Bonchev–Trinajstić information content (AvgIpc) is 3.06. The van der Waals surface area contributed by atoms with Gasteiger partial charge < -0.3 is 9.84 Å². The normalized spacial score (nSPS) is 26.9. The molecule has 1 N–H and O–H groups in total. The van der Waals surface area contributed by atoms with Gasteiger partial charge in [-0.1, -0.05) is 44.7 Å². The zero-order valence-corrected chi connectivity index (χ0v) is 14.3. The lowest BCUT2D eigenvalue weighted by atomic mass is 9.75. The maximum atomic E-state index is 12.0. The molecule has 0 radical (unpaired) electrons. The maximum absolute atomic E-state index is 12.0. The molecule has 1 aromatic rings. The van der Waals surface area contributed by atoms with E-state index in [-0.39, 0.29) is 0 Å². The van der Waals surface area contributed by atoms with E-state index < -0.39 is 11.4 Å². The zero-order valence-electron chi connectivity index (χ0n) is 14.3. The minimum Gasteiger partial charge on any atom is -0.496 e. The topological polar surface area (TPSA) is 46.5 Å². The second-order valence-corrected chi connectivity index (χ2v) is 7.51. The number of rotatable bonds is 4.